The average Bonchev–Trinajstić information content (AvgIpc) is 3.54. The molecular weight excluding hydrogens is 428 g/mol. The first-order valence-corrected chi connectivity index (χ1v) is 11.3. The van der Waals surface area contributed by atoms with Crippen LogP contribution in [0.2, 0.25) is 0 Å². The molecule has 0 spiro atoms. The summed E-state index contributed by atoms with van der Waals surface area (Å²) in [5.74, 6) is 1.16. The van der Waals surface area contributed by atoms with Crippen LogP contribution >= 0.6 is 0 Å². The average molecular weight is 455 g/mol. The molecule has 6 heteroatoms. The highest BCUT2D eigenvalue weighted by Crippen LogP contribution is 2.39. The Morgan fingerprint density at radius 3 is 2.21 bits per heavy atom. The Morgan fingerprint density at radius 1 is 0.941 bits per heavy atom. The molecule has 3 aromatic carbocycles. The van der Waals surface area contributed by atoms with E-state index in [9.17, 15) is 4.79 Å². The van der Waals surface area contributed by atoms with E-state index in [2.05, 4.69) is 0 Å². The van der Waals surface area contributed by atoms with Crippen LogP contribution in [-0.4, -0.2) is 35.7 Å². The van der Waals surface area contributed by atoms with Crippen molar-refractivity contribution >= 4 is 6.09 Å². The second-order valence-electron chi connectivity index (χ2n) is 8.26. The third kappa shape index (κ3) is 4.58. The first-order chi connectivity index (χ1) is 16.7. The van der Waals surface area contributed by atoms with Gasteiger partial charge in [-0.2, -0.15) is 0 Å². The SMILES string of the molecule is CO[C@H]1C[C@H](c2nc(-c3ccccc3)c(-c3ccccc3)o2)N(C(=O)OCc2ccccc2)C1. The van der Waals surface area contributed by atoms with Crippen LogP contribution in [0.4, 0.5) is 4.79 Å². The molecule has 6 nitrogen and oxygen atoms in total. The van der Waals surface area contributed by atoms with Gasteiger partial charge in [0.05, 0.1) is 12.6 Å². The van der Waals surface area contributed by atoms with Crippen LogP contribution in [0.1, 0.15) is 23.9 Å². The van der Waals surface area contributed by atoms with Crippen LogP contribution in [0, 0.1) is 0 Å². The molecule has 0 radical (unpaired) electrons. The van der Waals surface area contributed by atoms with Gasteiger partial charge in [0.25, 0.3) is 0 Å². The van der Waals surface area contributed by atoms with Gasteiger partial charge in [0.2, 0.25) is 5.89 Å². The van der Waals surface area contributed by atoms with Crippen LogP contribution in [0.15, 0.2) is 95.4 Å². The number of ether oxygens (including phenoxy) is 2. The Morgan fingerprint density at radius 2 is 1.56 bits per heavy atom. The number of carbonyl (C=O) groups is 1. The van der Waals surface area contributed by atoms with Gasteiger partial charge in [-0.05, 0) is 5.56 Å². The summed E-state index contributed by atoms with van der Waals surface area (Å²) in [7, 11) is 1.65. The van der Waals surface area contributed by atoms with E-state index in [1.54, 1.807) is 12.0 Å². The topological polar surface area (TPSA) is 64.8 Å². The highest BCUT2D eigenvalue weighted by molar-refractivity contribution is 5.77. The highest BCUT2D eigenvalue weighted by Gasteiger charge is 2.41. The minimum absolute atomic E-state index is 0.124. The fraction of sp³-hybridized carbons (Fsp3) is 0.214. The molecule has 0 saturated carbocycles. The van der Waals surface area contributed by atoms with Crippen molar-refractivity contribution in [1.82, 2.24) is 9.88 Å². The first kappa shape index (κ1) is 21.9. The van der Waals surface area contributed by atoms with Crippen molar-refractivity contribution in [3.8, 4) is 22.6 Å². The van der Waals surface area contributed by atoms with Gasteiger partial charge < -0.3 is 13.9 Å². The van der Waals surface area contributed by atoms with Gasteiger partial charge in [-0.25, -0.2) is 9.78 Å². The van der Waals surface area contributed by atoms with Gasteiger partial charge in [-0.3, -0.25) is 4.90 Å². The van der Waals surface area contributed by atoms with E-state index in [0.29, 0.717) is 24.6 Å². The molecule has 0 N–H and O–H groups in total. The Hall–Kier alpha value is -3.90. The molecule has 1 saturated heterocycles. The molecular formula is C28H26N2O4. The lowest BCUT2D eigenvalue weighted by atomic mass is 10.1. The molecule has 1 aliphatic heterocycles. The monoisotopic (exact) mass is 454 g/mol. The Labute approximate surface area is 198 Å². The predicted octanol–water partition coefficient (Wildman–Crippen LogP) is 6.11. The van der Waals surface area contributed by atoms with Crippen molar-refractivity contribution in [3.63, 3.8) is 0 Å². The number of carbonyl (C=O) groups excluding carboxylic acids is 1. The van der Waals surface area contributed by atoms with Gasteiger partial charge >= 0.3 is 6.09 Å². The summed E-state index contributed by atoms with van der Waals surface area (Å²) < 4.78 is 17.6. The number of rotatable bonds is 6. The number of hydrogen-bond acceptors (Lipinski definition) is 5. The number of methoxy groups -OCH3 is 1. The molecule has 2 atom stereocenters. The van der Waals surface area contributed by atoms with Gasteiger partial charge in [-0.1, -0.05) is 91.0 Å². The van der Waals surface area contributed by atoms with Crippen molar-refractivity contribution in [2.45, 2.75) is 25.2 Å². The zero-order chi connectivity index (χ0) is 23.3. The molecule has 5 rings (SSSR count). The summed E-state index contributed by atoms with van der Waals surface area (Å²) in [5.41, 5.74) is 3.57. The van der Waals surface area contributed by atoms with Crippen LogP contribution in [-0.2, 0) is 16.1 Å². The second-order valence-corrected chi connectivity index (χ2v) is 8.26. The summed E-state index contributed by atoms with van der Waals surface area (Å²) in [4.78, 5) is 19.6. The number of likely N-dealkylation sites (tertiary alicyclic amines) is 1. The smallest absolute Gasteiger partial charge is 0.410 e. The molecule has 34 heavy (non-hydrogen) atoms. The Balaban J connectivity index is 1.47. The number of aromatic nitrogens is 1. The third-order valence-corrected chi connectivity index (χ3v) is 6.05. The maximum Gasteiger partial charge on any atom is 0.410 e. The van der Waals surface area contributed by atoms with E-state index in [4.69, 9.17) is 18.9 Å². The zero-order valence-corrected chi connectivity index (χ0v) is 19.0. The fourth-order valence-electron chi connectivity index (χ4n) is 4.26. The van der Waals surface area contributed by atoms with Crippen molar-refractivity contribution < 1.29 is 18.7 Å². The Kier molecular flexibility index (Phi) is 6.40. The summed E-state index contributed by atoms with van der Waals surface area (Å²) in [6.45, 7) is 0.620. The van der Waals surface area contributed by atoms with Crippen LogP contribution in [0.25, 0.3) is 22.6 Å². The van der Waals surface area contributed by atoms with Crippen LogP contribution in [0.5, 0.6) is 0 Å². The van der Waals surface area contributed by atoms with Gasteiger partial charge in [0.15, 0.2) is 5.76 Å². The number of nitrogens with zero attached hydrogens (tertiary/aromatic N) is 2. The molecule has 0 bridgehead atoms. The van der Waals surface area contributed by atoms with Crippen molar-refractivity contribution in [3.05, 3.63) is 102 Å². The number of oxazole rings is 1. The highest BCUT2D eigenvalue weighted by atomic mass is 16.6. The predicted molar refractivity (Wildman–Crippen MR) is 129 cm³/mol. The van der Waals surface area contributed by atoms with E-state index in [-0.39, 0.29) is 18.8 Å². The second kappa shape index (κ2) is 9.93. The lowest BCUT2D eigenvalue weighted by Crippen LogP contribution is -2.32. The first-order valence-electron chi connectivity index (χ1n) is 11.3. The minimum Gasteiger partial charge on any atom is -0.445 e. The zero-order valence-electron chi connectivity index (χ0n) is 19.0. The van der Waals surface area contributed by atoms with Crippen molar-refractivity contribution in [2.24, 2.45) is 0 Å². The van der Waals surface area contributed by atoms with E-state index in [0.717, 1.165) is 22.4 Å². The molecule has 1 aliphatic rings. The lowest BCUT2D eigenvalue weighted by molar-refractivity contribution is 0.0780. The van der Waals surface area contributed by atoms with E-state index >= 15 is 0 Å². The molecule has 2 heterocycles. The van der Waals surface area contributed by atoms with Gasteiger partial charge in [0.1, 0.15) is 18.3 Å². The van der Waals surface area contributed by atoms with Crippen molar-refractivity contribution in [2.75, 3.05) is 13.7 Å². The standard InChI is InChI=1S/C28H26N2O4/c1-32-23-17-24(30(18-23)28(31)33-19-20-11-5-2-6-12-20)27-29-25(21-13-7-3-8-14-21)26(34-27)22-15-9-4-10-16-22/h2-16,23-24H,17-19H2,1H3/t23-,24+/m0/s1. The molecule has 0 aliphatic carbocycles. The molecule has 1 amide bonds. The molecule has 172 valence electrons. The summed E-state index contributed by atoms with van der Waals surface area (Å²) in [5, 5.41) is 0. The maximum absolute atomic E-state index is 13.1. The lowest BCUT2D eigenvalue weighted by Gasteiger charge is -2.21. The number of hydrogen-bond donors (Lipinski definition) is 0. The van der Waals surface area contributed by atoms with Crippen molar-refractivity contribution in [1.29, 1.82) is 0 Å². The fourth-order valence-corrected chi connectivity index (χ4v) is 4.26. The van der Waals surface area contributed by atoms with E-state index < -0.39 is 6.09 Å². The normalized spacial score (nSPS) is 17.6. The van der Waals surface area contributed by atoms with Gasteiger partial charge in [0, 0.05) is 24.7 Å². The van der Waals surface area contributed by atoms with E-state index in [1.807, 2.05) is 91.0 Å². The summed E-state index contributed by atoms with van der Waals surface area (Å²) in [6.07, 6.45) is 0.0514. The molecule has 1 fully saturated rings. The summed E-state index contributed by atoms with van der Waals surface area (Å²) >= 11 is 0. The quantitative estimate of drug-likeness (QED) is 0.352. The number of amides is 1. The largest absolute Gasteiger partial charge is 0.445 e. The van der Waals surface area contributed by atoms with Crippen LogP contribution in [0.3, 0.4) is 0 Å². The molecule has 0 unspecified atom stereocenters. The Bertz CT molecular complexity index is 1170. The third-order valence-electron chi connectivity index (χ3n) is 6.05. The minimum atomic E-state index is -0.408. The molecule has 1 aromatic heterocycles. The van der Waals surface area contributed by atoms with E-state index in [1.165, 1.54) is 0 Å². The molecule has 4 aromatic rings. The van der Waals surface area contributed by atoms with Gasteiger partial charge in [-0.15, -0.1) is 0 Å². The number of benzene rings is 3. The summed E-state index contributed by atoms with van der Waals surface area (Å²) in [6, 6.07) is 29.1. The van der Waals surface area contributed by atoms with Crippen LogP contribution < -0.4 is 0 Å². The maximum atomic E-state index is 13.1.